The SMILES string of the molecule is C=C(C)C(=O)O[Si](C1CCC(C)CC1)(C1CCC(C)CC1)C1CCC(C)CC1. The minimum absolute atomic E-state index is 0.0671. The molecule has 3 fully saturated rings. The van der Waals surface area contributed by atoms with Crippen LogP contribution in [0.2, 0.25) is 16.6 Å². The Hall–Kier alpha value is -0.573. The second-order valence-corrected chi connectivity index (χ2v) is 15.3. The van der Waals surface area contributed by atoms with E-state index >= 15 is 0 Å². The predicted molar refractivity (Wildman–Crippen MR) is 121 cm³/mol. The van der Waals surface area contributed by atoms with Gasteiger partial charge in [0.05, 0.1) is 0 Å². The molecular formula is C25H44O2Si. The molecule has 0 aromatic heterocycles. The zero-order valence-electron chi connectivity index (χ0n) is 19.0. The third-order valence-electron chi connectivity index (χ3n) is 8.58. The molecule has 28 heavy (non-hydrogen) atoms. The Bertz CT molecular complexity index is 478. The minimum Gasteiger partial charge on any atom is -0.515 e. The molecule has 2 nitrogen and oxygen atoms in total. The predicted octanol–water partition coefficient (Wildman–Crippen LogP) is 7.79. The van der Waals surface area contributed by atoms with Gasteiger partial charge in [0, 0.05) is 5.57 Å². The Morgan fingerprint density at radius 3 is 1.21 bits per heavy atom. The van der Waals surface area contributed by atoms with Crippen LogP contribution in [0.15, 0.2) is 12.2 Å². The van der Waals surface area contributed by atoms with E-state index in [1.165, 1.54) is 77.0 Å². The van der Waals surface area contributed by atoms with Crippen LogP contribution in [0.25, 0.3) is 0 Å². The van der Waals surface area contributed by atoms with Crippen molar-refractivity contribution in [2.45, 2.75) is 121 Å². The maximum atomic E-state index is 13.0. The monoisotopic (exact) mass is 404 g/mol. The fourth-order valence-electron chi connectivity index (χ4n) is 6.63. The summed E-state index contributed by atoms with van der Waals surface area (Å²) in [5, 5.41) is 0. The molecule has 0 aliphatic heterocycles. The van der Waals surface area contributed by atoms with Gasteiger partial charge in [-0.3, -0.25) is 0 Å². The van der Waals surface area contributed by atoms with Gasteiger partial charge in [-0.15, -0.1) is 0 Å². The van der Waals surface area contributed by atoms with E-state index in [9.17, 15) is 4.79 Å². The van der Waals surface area contributed by atoms with Crippen molar-refractivity contribution in [3.63, 3.8) is 0 Å². The van der Waals surface area contributed by atoms with Gasteiger partial charge in [0.15, 0.2) is 0 Å². The third kappa shape index (κ3) is 4.76. The highest BCUT2D eigenvalue weighted by Gasteiger charge is 2.58. The summed E-state index contributed by atoms with van der Waals surface area (Å²) < 4.78 is 6.82. The van der Waals surface area contributed by atoms with Gasteiger partial charge >= 0.3 is 5.97 Å². The van der Waals surface area contributed by atoms with Gasteiger partial charge in [0.25, 0.3) is 8.32 Å². The van der Waals surface area contributed by atoms with E-state index < -0.39 is 8.32 Å². The summed E-state index contributed by atoms with van der Waals surface area (Å²) in [7, 11) is -2.22. The molecule has 0 spiro atoms. The zero-order chi connectivity index (χ0) is 20.3. The molecule has 0 amide bonds. The highest BCUT2D eigenvalue weighted by Crippen LogP contribution is 2.58. The maximum absolute atomic E-state index is 13.0. The molecule has 3 heteroatoms. The molecule has 0 aromatic rings. The quantitative estimate of drug-likeness (QED) is 0.345. The minimum atomic E-state index is -2.22. The summed E-state index contributed by atoms with van der Waals surface area (Å²) in [4.78, 5) is 13.0. The number of carbonyl (C=O) groups excluding carboxylic acids is 1. The Morgan fingerprint density at radius 1 is 0.679 bits per heavy atom. The van der Waals surface area contributed by atoms with Crippen LogP contribution in [0.5, 0.6) is 0 Å². The summed E-state index contributed by atoms with van der Waals surface area (Å²) >= 11 is 0. The van der Waals surface area contributed by atoms with E-state index in [4.69, 9.17) is 4.43 Å². The van der Waals surface area contributed by atoms with E-state index in [-0.39, 0.29) is 5.97 Å². The van der Waals surface area contributed by atoms with E-state index in [1.807, 2.05) is 6.92 Å². The van der Waals surface area contributed by atoms with Crippen LogP contribution >= 0.6 is 0 Å². The van der Waals surface area contributed by atoms with Crippen molar-refractivity contribution in [1.82, 2.24) is 0 Å². The average Bonchev–Trinajstić information content (AvgIpc) is 2.68. The molecule has 160 valence electrons. The normalized spacial score (nSPS) is 39.0. The molecule has 3 rings (SSSR count). The zero-order valence-corrected chi connectivity index (χ0v) is 20.0. The van der Waals surface area contributed by atoms with E-state index in [1.54, 1.807) is 0 Å². The molecule has 0 radical (unpaired) electrons. The van der Waals surface area contributed by atoms with Crippen molar-refractivity contribution in [2.24, 2.45) is 17.8 Å². The molecule has 0 unspecified atom stereocenters. The van der Waals surface area contributed by atoms with E-state index in [0.29, 0.717) is 22.2 Å². The largest absolute Gasteiger partial charge is 0.515 e. The van der Waals surface area contributed by atoms with Crippen molar-refractivity contribution in [2.75, 3.05) is 0 Å². The molecule has 0 aromatic carbocycles. The molecule has 0 bridgehead atoms. The van der Waals surface area contributed by atoms with Crippen LogP contribution in [-0.2, 0) is 9.22 Å². The van der Waals surface area contributed by atoms with Gasteiger partial charge in [-0.05, 0) is 79.8 Å². The number of hydrogen-bond acceptors (Lipinski definition) is 2. The molecule has 0 saturated heterocycles. The molecule has 0 N–H and O–H groups in total. The second kappa shape index (κ2) is 9.49. The number of carbonyl (C=O) groups is 1. The van der Waals surface area contributed by atoms with Crippen LogP contribution in [0.1, 0.15) is 105 Å². The lowest BCUT2D eigenvalue weighted by Crippen LogP contribution is -2.55. The number of hydrogen-bond donors (Lipinski definition) is 0. The Morgan fingerprint density at radius 2 is 0.964 bits per heavy atom. The number of rotatable bonds is 5. The third-order valence-corrected chi connectivity index (χ3v) is 14.7. The first-order valence-corrected chi connectivity index (χ1v) is 14.4. The van der Waals surface area contributed by atoms with Gasteiger partial charge < -0.3 is 4.43 Å². The highest BCUT2D eigenvalue weighted by atomic mass is 28.4. The summed E-state index contributed by atoms with van der Waals surface area (Å²) in [6, 6.07) is 0. The van der Waals surface area contributed by atoms with Crippen molar-refractivity contribution in [1.29, 1.82) is 0 Å². The van der Waals surface area contributed by atoms with Crippen LogP contribution in [-0.4, -0.2) is 14.3 Å². The van der Waals surface area contributed by atoms with Gasteiger partial charge in [-0.25, -0.2) is 4.79 Å². The fourth-order valence-corrected chi connectivity index (χ4v) is 13.3. The van der Waals surface area contributed by atoms with Crippen molar-refractivity contribution in [3.8, 4) is 0 Å². The molecule has 3 saturated carbocycles. The smallest absolute Gasteiger partial charge is 0.319 e. The summed E-state index contributed by atoms with van der Waals surface area (Å²) in [6.07, 6.45) is 15.8. The van der Waals surface area contributed by atoms with Crippen molar-refractivity contribution in [3.05, 3.63) is 12.2 Å². The Balaban J connectivity index is 1.96. The lowest BCUT2D eigenvalue weighted by Gasteiger charge is -2.52. The molecule has 3 aliphatic carbocycles. The van der Waals surface area contributed by atoms with Gasteiger partial charge in [0.2, 0.25) is 0 Å². The van der Waals surface area contributed by atoms with Gasteiger partial charge in [-0.1, -0.05) is 65.9 Å². The first-order chi connectivity index (χ1) is 13.3. The molecule has 3 aliphatic rings. The van der Waals surface area contributed by atoms with E-state index in [2.05, 4.69) is 27.4 Å². The van der Waals surface area contributed by atoms with E-state index in [0.717, 1.165) is 17.8 Å². The van der Waals surface area contributed by atoms with Crippen LogP contribution < -0.4 is 0 Å². The summed E-state index contributed by atoms with van der Waals surface area (Å²) in [5.74, 6) is 2.47. The first kappa shape index (κ1) is 22.1. The van der Waals surface area contributed by atoms with Crippen LogP contribution in [0.4, 0.5) is 0 Å². The standard InChI is InChI=1S/C25H44O2Si/c1-18(2)25(26)27-28(22-12-6-19(3)7-13-22,23-14-8-20(4)9-15-23)24-16-10-21(5)11-17-24/h19-24H,1,6-17H2,2-5H3. The topological polar surface area (TPSA) is 26.3 Å². The lowest BCUT2D eigenvalue weighted by molar-refractivity contribution is -0.131. The Labute approximate surface area is 175 Å². The van der Waals surface area contributed by atoms with Crippen LogP contribution in [0, 0.1) is 17.8 Å². The highest BCUT2D eigenvalue weighted by molar-refractivity contribution is 6.79. The summed E-state index contributed by atoms with van der Waals surface area (Å²) in [6.45, 7) is 13.0. The lowest BCUT2D eigenvalue weighted by atomic mass is 9.89. The maximum Gasteiger partial charge on any atom is 0.319 e. The molecular weight excluding hydrogens is 360 g/mol. The Kier molecular flexibility index (Phi) is 7.50. The van der Waals surface area contributed by atoms with Crippen molar-refractivity contribution < 1.29 is 9.22 Å². The average molecular weight is 405 g/mol. The van der Waals surface area contributed by atoms with Crippen LogP contribution in [0.3, 0.4) is 0 Å². The second-order valence-electron chi connectivity index (χ2n) is 10.9. The fraction of sp³-hybridized carbons (Fsp3) is 0.880. The first-order valence-electron chi connectivity index (χ1n) is 12.2. The summed E-state index contributed by atoms with van der Waals surface area (Å²) in [5.41, 5.74) is 2.66. The van der Waals surface area contributed by atoms with Gasteiger partial charge in [-0.2, -0.15) is 0 Å². The van der Waals surface area contributed by atoms with Gasteiger partial charge in [0.1, 0.15) is 0 Å². The molecule has 0 heterocycles. The van der Waals surface area contributed by atoms with Crippen molar-refractivity contribution >= 4 is 14.3 Å². The molecule has 0 atom stereocenters.